The van der Waals surface area contributed by atoms with E-state index in [-0.39, 0.29) is 11.6 Å². The summed E-state index contributed by atoms with van der Waals surface area (Å²) >= 11 is 5.96. The molecule has 2 aromatic carbocycles. The molecule has 0 spiro atoms. The average molecular weight is 375 g/mol. The molecule has 2 amide bonds. The summed E-state index contributed by atoms with van der Waals surface area (Å²) in [7, 11) is 0. The van der Waals surface area contributed by atoms with Gasteiger partial charge in [-0.1, -0.05) is 48.0 Å². The zero-order valence-corrected chi connectivity index (χ0v) is 16.4. The van der Waals surface area contributed by atoms with Crippen molar-refractivity contribution in [1.82, 2.24) is 10.6 Å². The first-order valence-corrected chi connectivity index (χ1v) is 9.17. The summed E-state index contributed by atoms with van der Waals surface area (Å²) in [5.41, 5.74) is 3.08. The highest BCUT2D eigenvalue weighted by Crippen LogP contribution is 2.13. The fourth-order valence-electron chi connectivity index (χ4n) is 2.39. The molecule has 0 aromatic heterocycles. The second kappa shape index (κ2) is 9.60. The van der Waals surface area contributed by atoms with Gasteiger partial charge in [0, 0.05) is 18.1 Å². The van der Waals surface area contributed by atoms with Crippen molar-refractivity contribution >= 4 is 17.6 Å². The van der Waals surface area contributed by atoms with Crippen LogP contribution < -0.4 is 10.6 Å². The van der Waals surface area contributed by atoms with E-state index in [0.29, 0.717) is 24.7 Å². The van der Waals surface area contributed by atoms with Gasteiger partial charge < -0.3 is 15.4 Å². The first-order valence-electron chi connectivity index (χ1n) is 8.80. The van der Waals surface area contributed by atoms with Crippen LogP contribution >= 0.6 is 11.6 Å². The second-order valence-corrected chi connectivity index (χ2v) is 7.65. The lowest BCUT2D eigenvalue weighted by Crippen LogP contribution is -2.36. The first kappa shape index (κ1) is 20.3. The molecule has 2 rings (SSSR count). The second-order valence-electron chi connectivity index (χ2n) is 7.21. The van der Waals surface area contributed by atoms with E-state index in [1.807, 2.05) is 63.2 Å². The minimum atomic E-state index is -0.177. The minimum Gasteiger partial charge on any atom is -0.371 e. The largest absolute Gasteiger partial charge is 0.371 e. The molecule has 0 aliphatic heterocycles. The fourth-order valence-corrected chi connectivity index (χ4v) is 2.60. The molecular formula is C21H27ClN2O2. The average Bonchev–Trinajstić information content (AvgIpc) is 2.58. The van der Waals surface area contributed by atoms with Crippen LogP contribution in [0, 0.1) is 0 Å². The van der Waals surface area contributed by atoms with Crippen LogP contribution in [0.3, 0.4) is 0 Å². The topological polar surface area (TPSA) is 50.4 Å². The van der Waals surface area contributed by atoms with Gasteiger partial charge >= 0.3 is 6.03 Å². The molecule has 2 aromatic rings. The summed E-state index contributed by atoms with van der Waals surface area (Å²) < 4.78 is 5.79. The number of hydrogen-bond donors (Lipinski definition) is 2. The Bertz CT molecular complexity index is 726. The SMILES string of the molecule is CC(C)(C)OCc1cccc(CNC(=O)NCCc2cccc(Cl)c2)c1. The summed E-state index contributed by atoms with van der Waals surface area (Å²) in [6.07, 6.45) is 0.744. The maximum atomic E-state index is 11.9. The number of benzene rings is 2. The standard InChI is InChI=1S/C21H27ClN2O2/c1-21(2,3)26-15-18-8-4-7-17(12-18)14-24-20(25)23-11-10-16-6-5-9-19(22)13-16/h4-9,12-13H,10-11,14-15H2,1-3H3,(H2,23,24,25). The Morgan fingerprint density at radius 1 is 1.00 bits per heavy atom. The van der Waals surface area contributed by atoms with E-state index in [1.54, 1.807) is 0 Å². The van der Waals surface area contributed by atoms with Gasteiger partial charge in [-0.2, -0.15) is 0 Å². The predicted octanol–water partition coefficient (Wildman–Crippen LogP) is 4.70. The number of urea groups is 1. The number of ether oxygens (including phenoxy) is 1. The van der Waals surface area contributed by atoms with Crippen LogP contribution in [0.5, 0.6) is 0 Å². The third-order valence-electron chi connectivity index (χ3n) is 3.70. The molecule has 0 aliphatic rings. The third-order valence-corrected chi connectivity index (χ3v) is 3.94. The van der Waals surface area contributed by atoms with Crippen molar-refractivity contribution in [3.05, 3.63) is 70.2 Å². The van der Waals surface area contributed by atoms with Crippen molar-refractivity contribution in [3.8, 4) is 0 Å². The number of carbonyl (C=O) groups is 1. The molecule has 0 radical (unpaired) electrons. The maximum absolute atomic E-state index is 11.9. The summed E-state index contributed by atoms with van der Waals surface area (Å²) in [4.78, 5) is 11.9. The normalized spacial score (nSPS) is 11.2. The van der Waals surface area contributed by atoms with Gasteiger partial charge in [0.25, 0.3) is 0 Å². The summed E-state index contributed by atoms with van der Waals surface area (Å²) in [5.74, 6) is 0. The van der Waals surface area contributed by atoms with Crippen LogP contribution in [0.25, 0.3) is 0 Å². The zero-order valence-electron chi connectivity index (χ0n) is 15.6. The molecule has 26 heavy (non-hydrogen) atoms. The number of nitrogens with one attached hydrogen (secondary N) is 2. The summed E-state index contributed by atoms with van der Waals surface area (Å²) in [6, 6.07) is 15.5. The molecule has 4 nitrogen and oxygen atoms in total. The molecule has 5 heteroatoms. The number of halogens is 1. The fraction of sp³-hybridized carbons (Fsp3) is 0.381. The molecule has 0 atom stereocenters. The van der Waals surface area contributed by atoms with Gasteiger partial charge in [0.05, 0.1) is 12.2 Å². The molecular weight excluding hydrogens is 348 g/mol. The number of carbonyl (C=O) groups excluding carboxylic acids is 1. The number of amides is 2. The lowest BCUT2D eigenvalue weighted by atomic mass is 10.1. The molecule has 0 unspecified atom stereocenters. The Kier molecular flexibility index (Phi) is 7.49. The van der Waals surface area contributed by atoms with Crippen molar-refractivity contribution < 1.29 is 9.53 Å². The molecule has 0 saturated carbocycles. The van der Waals surface area contributed by atoms with Gasteiger partial charge in [-0.15, -0.1) is 0 Å². The molecule has 0 bridgehead atoms. The van der Waals surface area contributed by atoms with E-state index < -0.39 is 0 Å². The smallest absolute Gasteiger partial charge is 0.315 e. The van der Waals surface area contributed by atoms with Crippen LogP contribution in [0.4, 0.5) is 4.79 Å². The summed E-state index contributed by atoms with van der Waals surface area (Å²) in [6.45, 7) is 7.70. The van der Waals surface area contributed by atoms with Gasteiger partial charge in [-0.3, -0.25) is 0 Å². The Hall–Kier alpha value is -2.04. The molecule has 2 N–H and O–H groups in total. The van der Waals surface area contributed by atoms with Crippen molar-refractivity contribution in [3.63, 3.8) is 0 Å². The van der Waals surface area contributed by atoms with Crippen LogP contribution in [0.1, 0.15) is 37.5 Å². The van der Waals surface area contributed by atoms with E-state index >= 15 is 0 Å². The molecule has 140 valence electrons. The van der Waals surface area contributed by atoms with Crippen molar-refractivity contribution in [2.24, 2.45) is 0 Å². The van der Waals surface area contributed by atoms with Crippen LogP contribution in [0.15, 0.2) is 48.5 Å². The molecule has 0 fully saturated rings. The highest BCUT2D eigenvalue weighted by atomic mass is 35.5. The van der Waals surface area contributed by atoms with E-state index in [1.165, 1.54) is 0 Å². The van der Waals surface area contributed by atoms with E-state index in [9.17, 15) is 4.79 Å². The van der Waals surface area contributed by atoms with Crippen LogP contribution in [-0.2, 0) is 24.3 Å². The van der Waals surface area contributed by atoms with Crippen molar-refractivity contribution in [2.75, 3.05) is 6.54 Å². The highest BCUT2D eigenvalue weighted by Gasteiger charge is 2.10. The van der Waals surface area contributed by atoms with Gasteiger partial charge in [0.15, 0.2) is 0 Å². The highest BCUT2D eigenvalue weighted by molar-refractivity contribution is 6.30. The Morgan fingerprint density at radius 2 is 1.69 bits per heavy atom. The monoisotopic (exact) mass is 374 g/mol. The number of hydrogen-bond acceptors (Lipinski definition) is 2. The number of rotatable bonds is 7. The van der Waals surface area contributed by atoms with E-state index in [2.05, 4.69) is 16.7 Å². The van der Waals surface area contributed by atoms with Gasteiger partial charge in [-0.25, -0.2) is 4.79 Å². The lowest BCUT2D eigenvalue weighted by Gasteiger charge is -2.19. The first-order chi connectivity index (χ1) is 12.3. The van der Waals surface area contributed by atoms with E-state index in [4.69, 9.17) is 16.3 Å². The quantitative estimate of drug-likeness (QED) is 0.738. The Labute approximate surface area is 160 Å². The molecule has 0 saturated heterocycles. The van der Waals surface area contributed by atoms with Crippen molar-refractivity contribution in [2.45, 2.75) is 45.9 Å². The minimum absolute atomic E-state index is 0.170. The van der Waals surface area contributed by atoms with Gasteiger partial charge in [0.1, 0.15) is 0 Å². The van der Waals surface area contributed by atoms with Gasteiger partial charge in [-0.05, 0) is 56.0 Å². The van der Waals surface area contributed by atoms with Crippen LogP contribution in [0.2, 0.25) is 5.02 Å². The Balaban J connectivity index is 1.73. The lowest BCUT2D eigenvalue weighted by molar-refractivity contribution is -0.0149. The Morgan fingerprint density at radius 3 is 2.42 bits per heavy atom. The predicted molar refractivity (Wildman–Crippen MR) is 106 cm³/mol. The van der Waals surface area contributed by atoms with Crippen LogP contribution in [-0.4, -0.2) is 18.2 Å². The van der Waals surface area contributed by atoms with E-state index in [0.717, 1.165) is 23.1 Å². The third kappa shape index (κ3) is 7.89. The summed E-state index contributed by atoms with van der Waals surface area (Å²) in [5, 5.41) is 6.45. The molecule has 0 aliphatic carbocycles. The van der Waals surface area contributed by atoms with Gasteiger partial charge in [0.2, 0.25) is 0 Å². The molecule has 0 heterocycles. The van der Waals surface area contributed by atoms with Crippen molar-refractivity contribution in [1.29, 1.82) is 0 Å². The zero-order chi connectivity index (χ0) is 19.0. The maximum Gasteiger partial charge on any atom is 0.315 e.